The van der Waals surface area contributed by atoms with Crippen LogP contribution < -0.4 is 4.74 Å². The summed E-state index contributed by atoms with van der Waals surface area (Å²) in [5.41, 5.74) is 0.126. The van der Waals surface area contributed by atoms with E-state index in [1.165, 1.54) is 25.3 Å². The monoisotopic (exact) mass is 197 g/mol. The Morgan fingerprint density at radius 3 is 2.86 bits per heavy atom. The van der Waals surface area contributed by atoms with Crippen LogP contribution in [0.15, 0.2) is 24.4 Å². The van der Waals surface area contributed by atoms with E-state index >= 15 is 0 Å². The molecule has 0 atom stereocenters. The molecule has 0 spiro atoms. The van der Waals surface area contributed by atoms with Crippen LogP contribution in [0, 0.1) is 15.9 Å². The van der Waals surface area contributed by atoms with Gasteiger partial charge >= 0.3 is 0 Å². The molecule has 0 saturated heterocycles. The minimum Gasteiger partial charge on any atom is -0.497 e. The van der Waals surface area contributed by atoms with Crippen molar-refractivity contribution in [2.24, 2.45) is 0 Å². The van der Waals surface area contributed by atoms with Crippen LogP contribution in [0.5, 0.6) is 5.75 Å². The lowest BCUT2D eigenvalue weighted by Gasteiger charge is -2.00. The van der Waals surface area contributed by atoms with Gasteiger partial charge in [0.15, 0.2) is 0 Å². The maximum Gasteiger partial charge on any atom is 0.235 e. The SMILES string of the molecule is COc1ccc(F)c(/C=C/[N+](=O)[O-])c1. The molecule has 74 valence electrons. The second-order valence-electron chi connectivity index (χ2n) is 2.49. The number of methoxy groups -OCH3 is 1. The van der Waals surface area contributed by atoms with Crippen LogP contribution in [0.25, 0.3) is 6.08 Å². The Morgan fingerprint density at radius 1 is 1.57 bits per heavy atom. The maximum atomic E-state index is 13.0. The first kappa shape index (κ1) is 10.2. The van der Waals surface area contributed by atoms with E-state index in [0.717, 1.165) is 6.08 Å². The Kier molecular flexibility index (Phi) is 3.17. The second-order valence-corrected chi connectivity index (χ2v) is 2.49. The Hall–Kier alpha value is -1.91. The molecule has 5 heteroatoms. The van der Waals surface area contributed by atoms with Crippen LogP contribution in [0.3, 0.4) is 0 Å². The van der Waals surface area contributed by atoms with E-state index in [2.05, 4.69) is 0 Å². The zero-order valence-corrected chi connectivity index (χ0v) is 7.44. The highest BCUT2D eigenvalue weighted by Crippen LogP contribution is 2.17. The lowest BCUT2D eigenvalue weighted by molar-refractivity contribution is -0.400. The van der Waals surface area contributed by atoms with Crippen LogP contribution >= 0.6 is 0 Å². The Morgan fingerprint density at radius 2 is 2.29 bits per heavy atom. The third kappa shape index (κ3) is 2.55. The molecular formula is C9H8FNO3. The second kappa shape index (κ2) is 4.36. The molecule has 0 aromatic heterocycles. The molecule has 0 fully saturated rings. The number of hydrogen-bond acceptors (Lipinski definition) is 3. The van der Waals surface area contributed by atoms with Gasteiger partial charge in [0.05, 0.1) is 12.0 Å². The lowest BCUT2D eigenvalue weighted by atomic mass is 10.2. The van der Waals surface area contributed by atoms with Crippen LogP contribution in [-0.4, -0.2) is 12.0 Å². The smallest absolute Gasteiger partial charge is 0.235 e. The van der Waals surface area contributed by atoms with Crippen LogP contribution in [0.4, 0.5) is 4.39 Å². The summed E-state index contributed by atoms with van der Waals surface area (Å²) in [6.07, 6.45) is 1.76. The van der Waals surface area contributed by atoms with E-state index in [9.17, 15) is 14.5 Å². The van der Waals surface area contributed by atoms with Crippen molar-refractivity contribution in [3.05, 3.63) is 45.9 Å². The highest BCUT2D eigenvalue weighted by atomic mass is 19.1. The fraction of sp³-hybridized carbons (Fsp3) is 0.111. The van der Waals surface area contributed by atoms with Crippen molar-refractivity contribution in [3.63, 3.8) is 0 Å². The van der Waals surface area contributed by atoms with Crippen molar-refractivity contribution in [3.8, 4) is 5.75 Å². The number of rotatable bonds is 3. The number of halogens is 1. The van der Waals surface area contributed by atoms with Crippen molar-refractivity contribution >= 4 is 6.08 Å². The van der Waals surface area contributed by atoms with Gasteiger partial charge < -0.3 is 4.74 Å². The first-order chi connectivity index (χ1) is 6.63. The average molecular weight is 197 g/mol. The molecular weight excluding hydrogens is 189 g/mol. The minimum absolute atomic E-state index is 0.126. The maximum absolute atomic E-state index is 13.0. The fourth-order valence-electron chi connectivity index (χ4n) is 0.918. The van der Waals surface area contributed by atoms with Gasteiger partial charge in [0.1, 0.15) is 11.6 Å². The third-order valence-electron chi connectivity index (χ3n) is 1.58. The lowest BCUT2D eigenvalue weighted by Crippen LogP contribution is -1.88. The molecule has 0 aliphatic carbocycles. The van der Waals surface area contributed by atoms with E-state index in [1.807, 2.05) is 0 Å². The first-order valence-corrected chi connectivity index (χ1v) is 3.78. The molecule has 0 amide bonds. The number of benzene rings is 1. The van der Waals surface area contributed by atoms with Gasteiger partial charge in [-0.25, -0.2) is 4.39 Å². The Bertz CT molecular complexity index is 376. The van der Waals surface area contributed by atoms with Gasteiger partial charge in [-0.05, 0) is 18.2 Å². The summed E-state index contributed by atoms with van der Waals surface area (Å²) in [6.45, 7) is 0. The van der Waals surface area contributed by atoms with Gasteiger partial charge in [-0.3, -0.25) is 10.1 Å². The normalized spacial score (nSPS) is 10.4. The minimum atomic E-state index is -0.654. The third-order valence-corrected chi connectivity index (χ3v) is 1.58. The van der Waals surface area contributed by atoms with Gasteiger partial charge in [0, 0.05) is 11.6 Å². The first-order valence-electron chi connectivity index (χ1n) is 3.78. The summed E-state index contributed by atoms with van der Waals surface area (Å²) < 4.78 is 17.9. The molecule has 0 heterocycles. The molecule has 4 nitrogen and oxygen atoms in total. The van der Waals surface area contributed by atoms with Crippen LogP contribution in [0.2, 0.25) is 0 Å². The van der Waals surface area contributed by atoms with Gasteiger partial charge in [-0.1, -0.05) is 0 Å². The summed E-state index contributed by atoms with van der Waals surface area (Å²) in [7, 11) is 1.44. The molecule has 0 aliphatic rings. The average Bonchev–Trinajstić information content (AvgIpc) is 2.16. The van der Waals surface area contributed by atoms with Crippen molar-refractivity contribution in [1.82, 2.24) is 0 Å². The zero-order valence-electron chi connectivity index (χ0n) is 7.44. The highest BCUT2D eigenvalue weighted by Gasteiger charge is 2.01. The van der Waals surface area contributed by atoms with Crippen LogP contribution in [-0.2, 0) is 0 Å². The molecule has 1 aromatic carbocycles. The van der Waals surface area contributed by atoms with E-state index in [0.29, 0.717) is 11.9 Å². The summed E-state index contributed by atoms with van der Waals surface area (Å²) in [4.78, 5) is 9.35. The highest BCUT2D eigenvalue weighted by molar-refractivity contribution is 5.51. The van der Waals surface area contributed by atoms with Crippen molar-refractivity contribution in [1.29, 1.82) is 0 Å². The van der Waals surface area contributed by atoms with E-state index < -0.39 is 10.7 Å². The quantitative estimate of drug-likeness (QED) is 0.550. The van der Waals surface area contributed by atoms with Gasteiger partial charge in [0.25, 0.3) is 0 Å². The van der Waals surface area contributed by atoms with E-state index in [4.69, 9.17) is 4.74 Å². The molecule has 0 bridgehead atoms. The number of hydrogen-bond donors (Lipinski definition) is 0. The van der Waals surface area contributed by atoms with Crippen molar-refractivity contribution < 1.29 is 14.1 Å². The Labute approximate surface area is 79.8 Å². The fourth-order valence-corrected chi connectivity index (χ4v) is 0.918. The molecule has 1 aromatic rings. The predicted octanol–water partition coefficient (Wildman–Crippen LogP) is 2.08. The summed E-state index contributed by atoms with van der Waals surface area (Å²) in [6, 6.07) is 4.02. The standard InChI is InChI=1S/C9H8FNO3/c1-14-8-2-3-9(10)7(6-8)4-5-11(12)13/h2-6H,1H3/b5-4+. The summed E-state index contributed by atoms with van der Waals surface area (Å²) in [5.74, 6) is -0.0710. The van der Waals surface area contributed by atoms with Gasteiger partial charge in [-0.2, -0.15) is 0 Å². The molecule has 0 aliphatic heterocycles. The topological polar surface area (TPSA) is 52.4 Å². The summed E-state index contributed by atoms with van der Waals surface area (Å²) in [5, 5.41) is 10.0. The molecule has 0 radical (unpaired) electrons. The van der Waals surface area contributed by atoms with Gasteiger partial charge in [0.2, 0.25) is 6.20 Å². The molecule has 0 N–H and O–H groups in total. The number of nitro groups is 1. The molecule has 0 saturated carbocycles. The van der Waals surface area contributed by atoms with E-state index in [-0.39, 0.29) is 5.56 Å². The number of ether oxygens (including phenoxy) is 1. The molecule has 14 heavy (non-hydrogen) atoms. The predicted molar refractivity (Wildman–Crippen MR) is 49.0 cm³/mol. The molecule has 1 rings (SSSR count). The number of nitrogens with zero attached hydrogens (tertiary/aromatic N) is 1. The van der Waals surface area contributed by atoms with E-state index in [1.54, 1.807) is 0 Å². The Balaban J connectivity index is 3.00. The molecule has 0 unspecified atom stereocenters. The van der Waals surface area contributed by atoms with Crippen LogP contribution in [0.1, 0.15) is 5.56 Å². The summed E-state index contributed by atoms with van der Waals surface area (Å²) >= 11 is 0. The van der Waals surface area contributed by atoms with Crippen molar-refractivity contribution in [2.75, 3.05) is 7.11 Å². The van der Waals surface area contributed by atoms with Gasteiger partial charge in [-0.15, -0.1) is 0 Å². The zero-order chi connectivity index (χ0) is 10.6. The van der Waals surface area contributed by atoms with Crippen molar-refractivity contribution in [2.45, 2.75) is 0 Å². The largest absolute Gasteiger partial charge is 0.497 e.